The van der Waals surface area contributed by atoms with Crippen LogP contribution in [0.4, 0.5) is 4.39 Å². The van der Waals surface area contributed by atoms with Crippen LogP contribution in [0, 0.1) is 12.7 Å². The third-order valence-corrected chi connectivity index (χ3v) is 6.74. The first-order valence-corrected chi connectivity index (χ1v) is 8.88. The van der Waals surface area contributed by atoms with Gasteiger partial charge in [-0.25, -0.2) is 4.39 Å². The summed E-state index contributed by atoms with van der Waals surface area (Å²) in [6.45, 7) is 1.77. The van der Waals surface area contributed by atoms with Crippen LogP contribution in [0.15, 0.2) is 18.2 Å². The minimum absolute atomic E-state index is 0.0462. The van der Waals surface area contributed by atoms with Gasteiger partial charge in [0, 0.05) is 14.8 Å². The summed E-state index contributed by atoms with van der Waals surface area (Å²) < 4.78 is 13.5. The molecule has 2 aromatic rings. The highest BCUT2D eigenvalue weighted by Crippen LogP contribution is 2.42. The highest BCUT2D eigenvalue weighted by atomic mass is 79.9. The van der Waals surface area contributed by atoms with Gasteiger partial charge in [0.05, 0.1) is 4.83 Å². The second-order valence-corrected chi connectivity index (χ2v) is 7.78. The molecule has 1 aliphatic carbocycles. The van der Waals surface area contributed by atoms with Gasteiger partial charge in [-0.05, 0) is 61.4 Å². The molecule has 20 heavy (non-hydrogen) atoms. The zero-order valence-electron chi connectivity index (χ0n) is 11.2. The Morgan fingerprint density at radius 2 is 2.00 bits per heavy atom. The lowest BCUT2D eigenvalue weighted by Crippen LogP contribution is -1.96. The van der Waals surface area contributed by atoms with Gasteiger partial charge >= 0.3 is 0 Å². The van der Waals surface area contributed by atoms with Gasteiger partial charge in [-0.15, -0.1) is 11.3 Å². The molecule has 0 N–H and O–H groups in total. The molecule has 0 amide bonds. The summed E-state index contributed by atoms with van der Waals surface area (Å²) in [7, 11) is 0. The van der Waals surface area contributed by atoms with Crippen molar-refractivity contribution in [3.63, 3.8) is 0 Å². The van der Waals surface area contributed by atoms with Crippen LogP contribution in [0.2, 0.25) is 5.02 Å². The number of benzene rings is 1. The average Bonchev–Trinajstić information content (AvgIpc) is 2.86. The summed E-state index contributed by atoms with van der Waals surface area (Å²) in [4.78, 5) is 2.82. The number of hydrogen-bond donors (Lipinski definition) is 0. The van der Waals surface area contributed by atoms with Crippen molar-refractivity contribution in [2.75, 3.05) is 0 Å². The Labute approximate surface area is 136 Å². The van der Waals surface area contributed by atoms with Crippen LogP contribution in [-0.2, 0) is 12.8 Å². The number of alkyl halides is 1. The molecular weight excluding hydrogens is 359 g/mol. The lowest BCUT2D eigenvalue weighted by molar-refractivity contribution is 0.618. The fraction of sp³-hybridized carbons (Fsp3) is 0.375. The van der Waals surface area contributed by atoms with Crippen molar-refractivity contribution in [3.8, 4) is 0 Å². The molecule has 0 bridgehead atoms. The van der Waals surface area contributed by atoms with Crippen molar-refractivity contribution in [2.24, 2.45) is 0 Å². The molecule has 0 saturated carbocycles. The van der Waals surface area contributed by atoms with Crippen LogP contribution in [-0.4, -0.2) is 0 Å². The maximum absolute atomic E-state index is 13.5. The first kappa shape index (κ1) is 14.6. The Morgan fingerprint density at radius 1 is 1.25 bits per heavy atom. The molecule has 0 aliphatic heterocycles. The lowest BCUT2D eigenvalue weighted by atomic mass is 9.98. The Kier molecular flexibility index (Phi) is 4.21. The van der Waals surface area contributed by atoms with Crippen molar-refractivity contribution in [1.29, 1.82) is 0 Å². The summed E-state index contributed by atoms with van der Waals surface area (Å²) in [6, 6.07) is 5.54. The Balaban J connectivity index is 1.98. The van der Waals surface area contributed by atoms with E-state index in [9.17, 15) is 4.39 Å². The highest BCUT2D eigenvalue weighted by molar-refractivity contribution is 9.09. The monoisotopic (exact) mass is 372 g/mol. The van der Waals surface area contributed by atoms with E-state index >= 15 is 0 Å². The fourth-order valence-electron chi connectivity index (χ4n) is 2.67. The van der Waals surface area contributed by atoms with Crippen molar-refractivity contribution in [1.82, 2.24) is 0 Å². The molecule has 0 spiro atoms. The third-order valence-electron chi connectivity index (χ3n) is 3.82. The standard InChI is InChI=1S/C16H15BrClFS/c1-9-6-11(12(18)8-13(9)19)16(17)15-7-10-4-2-3-5-14(10)20-15/h6-8,16H,2-5H2,1H3. The first-order valence-electron chi connectivity index (χ1n) is 6.77. The van der Waals surface area contributed by atoms with Crippen LogP contribution in [0.3, 0.4) is 0 Å². The molecule has 1 aromatic heterocycles. The van der Waals surface area contributed by atoms with Gasteiger partial charge in [0.1, 0.15) is 5.82 Å². The molecule has 0 nitrogen and oxygen atoms in total. The van der Waals surface area contributed by atoms with E-state index in [1.54, 1.807) is 6.92 Å². The maximum Gasteiger partial charge on any atom is 0.127 e. The smallest absolute Gasteiger partial charge is 0.127 e. The van der Waals surface area contributed by atoms with E-state index in [-0.39, 0.29) is 10.6 Å². The topological polar surface area (TPSA) is 0 Å². The van der Waals surface area contributed by atoms with E-state index in [0.717, 1.165) is 5.56 Å². The second-order valence-electron chi connectivity index (χ2n) is 5.29. The maximum atomic E-state index is 13.5. The van der Waals surface area contributed by atoms with E-state index in [2.05, 4.69) is 22.0 Å². The Morgan fingerprint density at radius 3 is 2.75 bits per heavy atom. The van der Waals surface area contributed by atoms with E-state index in [4.69, 9.17) is 11.6 Å². The van der Waals surface area contributed by atoms with Crippen LogP contribution < -0.4 is 0 Å². The molecule has 1 atom stereocenters. The summed E-state index contributed by atoms with van der Waals surface area (Å²) in [5.74, 6) is -0.246. The fourth-order valence-corrected chi connectivity index (χ4v) is 5.10. The van der Waals surface area contributed by atoms with Crippen LogP contribution >= 0.6 is 38.9 Å². The minimum Gasteiger partial charge on any atom is -0.207 e. The summed E-state index contributed by atoms with van der Waals surface area (Å²) >= 11 is 11.8. The van der Waals surface area contributed by atoms with E-state index < -0.39 is 0 Å². The first-order chi connectivity index (χ1) is 9.56. The Hall–Kier alpha value is -0.380. The third kappa shape index (κ3) is 2.68. The molecule has 1 unspecified atom stereocenters. The van der Waals surface area contributed by atoms with Gasteiger partial charge < -0.3 is 0 Å². The zero-order valence-corrected chi connectivity index (χ0v) is 14.3. The number of fused-ring (bicyclic) bond motifs is 1. The molecular formula is C16H15BrClFS. The lowest BCUT2D eigenvalue weighted by Gasteiger charge is -2.12. The molecule has 1 heterocycles. The molecule has 106 valence electrons. The van der Waals surface area contributed by atoms with Gasteiger partial charge in [-0.2, -0.15) is 0 Å². The molecule has 3 rings (SSSR count). The highest BCUT2D eigenvalue weighted by Gasteiger charge is 2.21. The van der Waals surface area contributed by atoms with Crippen molar-refractivity contribution < 1.29 is 4.39 Å². The zero-order chi connectivity index (χ0) is 14.3. The van der Waals surface area contributed by atoms with E-state index in [1.165, 1.54) is 47.1 Å². The summed E-state index contributed by atoms with van der Waals surface area (Å²) in [6.07, 6.45) is 4.94. The quantitative estimate of drug-likeness (QED) is 0.549. The molecule has 0 fully saturated rings. The summed E-state index contributed by atoms with van der Waals surface area (Å²) in [5, 5.41) is 0.487. The van der Waals surface area contributed by atoms with Crippen molar-refractivity contribution in [2.45, 2.75) is 37.4 Å². The molecule has 0 radical (unpaired) electrons. The second kappa shape index (κ2) is 5.78. The normalized spacial score (nSPS) is 16.0. The predicted octanol–water partition coefficient (Wildman–Crippen LogP) is 6.21. The van der Waals surface area contributed by atoms with Crippen LogP contribution in [0.5, 0.6) is 0 Å². The van der Waals surface area contributed by atoms with Crippen LogP contribution in [0.1, 0.15) is 44.1 Å². The number of rotatable bonds is 2. The van der Waals surface area contributed by atoms with Crippen molar-refractivity contribution in [3.05, 3.63) is 55.5 Å². The van der Waals surface area contributed by atoms with Crippen LogP contribution in [0.25, 0.3) is 0 Å². The van der Waals surface area contributed by atoms with Gasteiger partial charge in [-0.3, -0.25) is 0 Å². The SMILES string of the molecule is Cc1cc(C(Br)c2cc3c(s2)CCCC3)c(Cl)cc1F. The van der Waals surface area contributed by atoms with Gasteiger partial charge in [0.2, 0.25) is 0 Å². The minimum atomic E-state index is -0.246. The molecule has 4 heteroatoms. The van der Waals surface area contributed by atoms with Gasteiger partial charge in [0.25, 0.3) is 0 Å². The molecule has 1 aromatic carbocycles. The number of aryl methyl sites for hydroxylation is 3. The van der Waals surface area contributed by atoms with E-state index in [1.807, 2.05) is 17.4 Å². The number of halogens is 3. The average molecular weight is 374 g/mol. The largest absolute Gasteiger partial charge is 0.207 e. The summed E-state index contributed by atoms with van der Waals surface area (Å²) in [5.41, 5.74) is 3.06. The predicted molar refractivity (Wildman–Crippen MR) is 87.9 cm³/mol. The van der Waals surface area contributed by atoms with Gasteiger partial charge in [0.15, 0.2) is 0 Å². The number of hydrogen-bond acceptors (Lipinski definition) is 1. The number of thiophene rings is 1. The molecule has 0 saturated heterocycles. The Bertz CT molecular complexity index is 627. The molecule has 1 aliphatic rings. The van der Waals surface area contributed by atoms with Crippen molar-refractivity contribution >= 4 is 38.9 Å². The van der Waals surface area contributed by atoms with Gasteiger partial charge in [-0.1, -0.05) is 33.6 Å². The van der Waals surface area contributed by atoms with E-state index in [0.29, 0.717) is 10.6 Å².